The number of ether oxygens (including phenoxy) is 1. The predicted octanol–water partition coefficient (Wildman–Crippen LogP) is 3.45. The number of aromatic nitrogens is 1. The maximum absolute atomic E-state index is 12.6. The Hall–Kier alpha value is -2.63. The van der Waals surface area contributed by atoms with Gasteiger partial charge in [0.2, 0.25) is 0 Å². The number of amides is 1. The highest BCUT2D eigenvalue weighted by atomic mass is 16.5. The largest absolute Gasteiger partial charge is 0.465 e. The van der Waals surface area contributed by atoms with Crippen LogP contribution in [-0.4, -0.2) is 24.1 Å². The zero-order chi connectivity index (χ0) is 17.1. The molecule has 0 aliphatic carbocycles. The Bertz CT molecular complexity index is 747. The first-order valence-electron chi connectivity index (χ1n) is 7.32. The molecule has 0 saturated carbocycles. The van der Waals surface area contributed by atoms with Crippen LogP contribution in [0.15, 0.2) is 22.7 Å². The standard InChI is InChI=1S/C17H20N2O4/c1-9(2)15-14(11(4)19-23-15)16(20)18-13-8-6-7-12(10(13)3)17(21)22-5/h6-9H,1-5H3,(H,18,20). The molecule has 1 amide bonds. The van der Waals surface area contributed by atoms with Gasteiger partial charge in [0.15, 0.2) is 5.76 Å². The summed E-state index contributed by atoms with van der Waals surface area (Å²) < 4.78 is 9.98. The molecule has 2 aromatic rings. The van der Waals surface area contributed by atoms with Crippen molar-refractivity contribution < 1.29 is 18.8 Å². The lowest BCUT2D eigenvalue weighted by Crippen LogP contribution is -2.16. The van der Waals surface area contributed by atoms with Crippen LogP contribution in [0.25, 0.3) is 0 Å². The molecule has 0 atom stereocenters. The summed E-state index contributed by atoms with van der Waals surface area (Å²) in [6.45, 7) is 7.34. The lowest BCUT2D eigenvalue weighted by Gasteiger charge is -2.12. The van der Waals surface area contributed by atoms with E-state index in [-0.39, 0.29) is 11.8 Å². The van der Waals surface area contributed by atoms with Crippen LogP contribution in [0.4, 0.5) is 5.69 Å². The number of benzene rings is 1. The maximum Gasteiger partial charge on any atom is 0.338 e. The fraction of sp³-hybridized carbons (Fsp3) is 0.353. The third-order valence-electron chi connectivity index (χ3n) is 3.63. The monoisotopic (exact) mass is 316 g/mol. The van der Waals surface area contributed by atoms with Gasteiger partial charge in [0.1, 0.15) is 5.56 Å². The van der Waals surface area contributed by atoms with E-state index in [1.807, 2.05) is 13.8 Å². The van der Waals surface area contributed by atoms with Crippen molar-refractivity contribution in [2.75, 3.05) is 12.4 Å². The van der Waals surface area contributed by atoms with E-state index in [0.717, 1.165) is 0 Å². The minimum atomic E-state index is -0.442. The van der Waals surface area contributed by atoms with Crippen LogP contribution in [0.2, 0.25) is 0 Å². The highest BCUT2D eigenvalue weighted by Gasteiger charge is 2.23. The molecule has 2 rings (SSSR count). The van der Waals surface area contributed by atoms with Crippen molar-refractivity contribution in [3.8, 4) is 0 Å². The van der Waals surface area contributed by atoms with Gasteiger partial charge < -0.3 is 14.6 Å². The number of esters is 1. The number of nitrogens with one attached hydrogen (secondary N) is 1. The summed E-state index contributed by atoms with van der Waals surface area (Å²) in [5, 5.41) is 6.69. The first kappa shape index (κ1) is 16.7. The lowest BCUT2D eigenvalue weighted by molar-refractivity contribution is 0.0599. The second-order valence-electron chi connectivity index (χ2n) is 5.59. The molecule has 1 heterocycles. The van der Waals surface area contributed by atoms with Gasteiger partial charge in [-0.15, -0.1) is 0 Å². The highest BCUT2D eigenvalue weighted by molar-refractivity contribution is 6.07. The fourth-order valence-corrected chi connectivity index (χ4v) is 2.34. The number of methoxy groups -OCH3 is 1. The van der Waals surface area contributed by atoms with Crippen molar-refractivity contribution in [3.63, 3.8) is 0 Å². The molecule has 1 N–H and O–H groups in total. The third kappa shape index (κ3) is 3.26. The van der Waals surface area contributed by atoms with E-state index in [0.29, 0.717) is 33.8 Å². The zero-order valence-electron chi connectivity index (χ0n) is 13.9. The first-order valence-corrected chi connectivity index (χ1v) is 7.32. The van der Waals surface area contributed by atoms with Gasteiger partial charge in [-0.25, -0.2) is 4.79 Å². The van der Waals surface area contributed by atoms with E-state index in [1.54, 1.807) is 32.0 Å². The van der Waals surface area contributed by atoms with Crippen molar-refractivity contribution >= 4 is 17.6 Å². The number of anilines is 1. The smallest absolute Gasteiger partial charge is 0.338 e. The van der Waals surface area contributed by atoms with Crippen molar-refractivity contribution in [1.29, 1.82) is 0 Å². The topological polar surface area (TPSA) is 81.4 Å². The van der Waals surface area contributed by atoms with Crippen LogP contribution < -0.4 is 5.32 Å². The minimum absolute atomic E-state index is 0.0412. The number of hydrogen-bond donors (Lipinski definition) is 1. The molecule has 1 aromatic heterocycles. The van der Waals surface area contributed by atoms with Crippen molar-refractivity contribution in [1.82, 2.24) is 5.16 Å². The van der Waals surface area contributed by atoms with Crippen molar-refractivity contribution in [2.45, 2.75) is 33.6 Å². The second-order valence-corrected chi connectivity index (χ2v) is 5.59. The summed E-state index contributed by atoms with van der Waals surface area (Å²) >= 11 is 0. The van der Waals surface area contributed by atoms with Gasteiger partial charge in [0.25, 0.3) is 5.91 Å². The van der Waals surface area contributed by atoms with Gasteiger partial charge in [0.05, 0.1) is 18.4 Å². The molecular formula is C17H20N2O4. The number of carbonyl (C=O) groups is 2. The molecule has 23 heavy (non-hydrogen) atoms. The van der Waals surface area contributed by atoms with Crippen LogP contribution >= 0.6 is 0 Å². The first-order chi connectivity index (χ1) is 10.9. The molecule has 0 bridgehead atoms. The Kier molecular flexibility index (Phi) is 4.83. The van der Waals surface area contributed by atoms with Gasteiger partial charge in [0, 0.05) is 11.6 Å². The molecule has 0 fully saturated rings. The van der Waals surface area contributed by atoms with E-state index in [4.69, 9.17) is 9.26 Å². The number of aryl methyl sites for hydroxylation is 1. The molecule has 0 spiro atoms. The summed E-state index contributed by atoms with van der Waals surface area (Å²) in [7, 11) is 1.32. The summed E-state index contributed by atoms with van der Waals surface area (Å²) in [5.41, 5.74) is 2.58. The molecule has 0 aliphatic rings. The molecule has 1 aromatic carbocycles. The average Bonchev–Trinajstić information content (AvgIpc) is 2.90. The zero-order valence-corrected chi connectivity index (χ0v) is 13.9. The molecule has 6 nitrogen and oxygen atoms in total. The van der Waals surface area contributed by atoms with Gasteiger partial charge in [-0.2, -0.15) is 0 Å². The normalized spacial score (nSPS) is 10.7. The second kappa shape index (κ2) is 6.64. The molecule has 0 saturated heterocycles. The Morgan fingerprint density at radius 3 is 2.57 bits per heavy atom. The number of nitrogens with zero attached hydrogens (tertiary/aromatic N) is 1. The molecule has 6 heteroatoms. The van der Waals surface area contributed by atoms with Crippen LogP contribution in [0, 0.1) is 13.8 Å². The quantitative estimate of drug-likeness (QED) is 0.874. The summed E-state index contributed by atoms with van der Waals surface area (Å²) in [6.07, 6.45) is 0. The van der Waals surface area contributed by atoms with Gasteiger partial charge >= 0.3 is 5.97 Å². The predicted molar refractivity (Wildman–Crippen MR) is 85.8 cm³/mol. The average molecular weight is 316 g/mol. The Morgan fingerprint density at radius 1 is 1.26 bits per heavy atom. The summed E-state index contributed by atoms with van der Waals surface area (Å²) in [6, 6.07) is 5.08. The van der Waals surface area contributed by atoms with E-state index in [2.05, 4.69) is 10.5 Å². The summed E-state index contributed by atoms with van der Waals surface area (Å²) in [4.78, 5) is 24.3. The third-order valence-corrected chi connectivity index (χ3v) is 3.63. The lowest BCUT2D eigenvalue weighted by atomic mass is 10.0. The van der Waals surface area contributed by atoms with E-state index in [1.165, 1.54) is 7.11 Å². The van der Waals surface area contributed by atoms with Crippen LogP contribution in [0.3, 0.4) is 0 Å². The van der Waals surface area contributed by atoms with Gasteiger partial charge in [-0.3, -0.25) is 4.79 Å². The van der Waals surface area contributed by atoms with Gasteiger partial charge in [-0.05, 0) is 31.5 Å². The molecule has 0 aliphatic heterocycles. The van der Waals surface area contributed by atoms with E-state index in [9.17, 15) is 9.59 Å². The molecule has 0 radical (unpaired) electrons. The van der Waals surface area contributed by atoms with Gasteiger partial charge in [-0.1, -0.05) is 25.1 Å². The molecule has 122 valence electrons. The minimum Gasteiger partial charge on any atom is -0.465 e. The highest BCUT2D eigenvalue weighted by Crippen LogP contribution is 2.25. The Labute approximate surface area is 134 Å². The fourth-order valence-electron chi connectivity index (χ4n) is 2.34. The van der Waals surface area contributed by atoms with Crippen LogP contribution in [-0.2, 0) is 4.74 Å². The maximum atomic E-state index is 12.6. The van der Waals surface area contributed by atoms with Crippen LogP contribution in [0.1, 0.15) is 57.5 Å². The number of rotatable bonds is 4. The van der Waals surface area contributed by atoms with E-state index < -0.39 is 5.97 Å². The SMILES string of the molecule is COC(=O)c1cccc(NC(=O)c2c(C)noc2C(C)C)c1C. The Morgan fingerprint density at radius 2 is 1.96 bits per heavy atom. The Balaban J connectivity index is 2.35. The van der Waals surface area contributed by atoms with Crippen molar-refractivity contribution in [3.05, 3.63) is 46.3 Å². The molecular weight excluding hydrogens is 296 g/mol. The van der Waals surface area contributed by atoms with Crippen LogP contribution in [0.5, 0.6) is 0 Å². The van der Waals surface area contributed by atoms with E-state index >= 15 is 0 Å². The van der Waals surface area contributed by atoms with Crippen molar-refractivity contribution in [2.24, 2.45) is 0 Å². The summed E-state index contributed by atoms with van der Waals surface area (Å²) in [5.74, 6) is -0.165. The number of carbonyl (C=O) groups excluding carboxylic acids is 2. The molecule has 0 unspecified atom stereocenters. The number of hydrogen-bond acceptors (Lipinski definition) is 5.